The van der Waals surface area contributed by atoms with Gasteiger partial charge < -0.3 is 15.0 Å². The number of hydrogen-bond acceptors (Lipinski definition) is 4. The van der Waals surface area contributed by atoms with Gasteiger partial charge in [-0.15, -0.1) is 11.8 Å². The van der Waals surface area contributed by atoms with E-state index in [9.17, 15) is 9.59 Å². The minimum atomic E-state index is -0.295. The van der Waals surface area contributed by atoms with Gasteiger partial charge in [0.15, 0.2) is 0 Å². The number of morpholine rings is 1. The molecule has 7 heteroatoms. The molecule has 1 fully saturated rings. The molecule has 0 bridgehead atoms. The summed E-state index contributed by atoms with van der Waals surface area (Å²) < 4.78 is 6.51. The van der Waals surface area contributed by atoms with E-state index in [1.807, 2.05) is 43.0 Å². The Bertz CT molecular complexity index is 580. The molecule has 1 heterocycles. The molecule has 0 unspecified atom stereocenters. The highest BCUT2D eigenvalue weighted by Gasteiger charge is 2.29. The van der Waals surface area contributed by atoms with Crippen molar-refractivity contribution in [3.8, 4) is 0 Å². The third kappa shape index (κ3) is 6.16. The standard InChI is InChI=1S/C16H21BrN2O3S/c1-16(2)11-19(6-7-22-16)15(21)10-23-9-14(20)18-13-5-3-4-12(17)8-13/h3-5,8H,6-7,9-11H2,1-2H3,(H,18,20). The summed E-state index contributed by atoms with van der Waals surface area (Å²) in [5, 5.41) is 2.81. The zero-order valence-electron chi connectivity index (χ0n) is 13.3. The third-order valence-electron chi connectivity index (χ3n) is 3.35. The van der Waals surface area contributed by atoms with Gasteiger partial charge >= 0.3 is 0 Å². The lowest BCUT2D eigenvalue weighted by Crippen LogP contribution is -2.51. The van der Waals surface area contributed by atoms with Gasteiger partial charge in [0.1, 0.15) is 0 Å². The molecular weight excluding hydrogens is 380 g/mol. The molecule has 1 saturated heterocycles. The Hall–Kier alpha value is -1.05. The van der Waals surface area contributed by atoms with Gasteiger partial charge in [0.25, 0.3) is 0 Å². The zero-order chi connectivity index (χ0) is 16.9. The summed E-state index contributed by atoms with van der Waals surface area (Å²) in [6, 6.07) is 7.42. The molecule has 1 aliphatic rings. The van der Waals surface area contributed by atoms with E-state index in [1.165, 1.54) is 11.8 Å². The summed E-state index contributed by atoms with van der Waals surface area (Å²) in [6.45, 7) is 5.73. The Morgan fingerprint density at radius 3 is 2.87 bits per heavy atom. The maximum absolute atomic E-state index is 12.2. The summed E-state index contributed by atoms with van der Waals surface area (Å²) >= 11 is 4.69. The van der Waals surface area contributed by atoms with E-state index >= 15 is 0 Å². The second kappa shape index (κ2) is 8.17. The van der Waals surface area contributed by atoms with Crippen LogP contribution in [0.1, 0.15) is 13.8 Å². The molecule has 0 aliphatic carbocycles. The van der Waals surface area contributed by atoms with Gasteiger partial charge in [-0.3, -0.25) is 9.59 Å². The first kappa shape index (κ1) is 18.3. The summed E-state index contributed by atoms with van der Waals surface area (Å²) in [7, 11) is 0. The summed E-state index contributed by atoms with van der Waals surface area (Å²) in [5.74, 6) is 0.512. The number of thioether (sulfide) groups is 1. The van der Waals surface area contributed by atoms with Crippen LogP contribution in [0.3, 0.4) is 0 Å². The number of hydrogen-bond donors (Lipinski definition) is 1. The highest BCUT2D eigenvalue weighted by atomic mass is 79.9. The van der Waals surface area contributed by atoms with Crippen LogP contribution >= 0.6 is 27.7 Å². The highest BCUT2D eigenvalue weighted by Crippen LogP contribution is 2.18. The molecule has 1 aromatic rings. The van der Waals surface area contributed by atoms with Crippen molar-refractivity contribution in [2.24, 2.45) is 0 Å². The normalized spacial score (nSPS) is 16.9. The van der Waals surface area contributed by atoms with Crippen molar-refractivity contribution in [2.75, 3.05) is 36.5 Å². The van der Waals surface area contributed by atoms with Crippen LogP contribution in [-0.2, 0) is 14.3 Å². The lowest BCUT2D eigenvalue weighted by molar-refractivity contribution is -0.143. The molecule has 0 saturated carbocycles. The lowest BCUT2D eigenvalue weighted by Gasteiger charge is -2.38. The third-order valence-corrected chi connectivity index (χ3v) is 4.76. The van der Waals surface area contributed by atoms with Gasteiger partial charge in [-0.25, -0.2) is 0 Å². The van der Waals surface area contributed by atoms with E-state index in [4.69, 9.17) is 4.74 Å². The number of nitrogens with zero attached hydrogens (tertiary/aromatic N) is 1. The molecule has 5 nitrogen and oxygen atoms in total. The number of carbonyl (C=O) groups excluding carboxylic acids is 2. The first-order chi connectivity index (χ1) is 10.9. The summed E-state index contributed by atoms with van der Waals surface area (Å²) in [5.41, 5.74) is 0.447. The van der Waals surface area contributed by atoms with Crippen LogP contribution < -0.4 is 5.32 Å². The van der Waals surface area contributed by atoms with Crippen LogP contribution in [0.25, 0.3) is 0 Å². The van der Waals surface area contributed by atoms with Crippen molar-refractivity contribution in [1.82, 2.24) is 4.90 Å². The number of ether oxygens (including phenoxy) is 1. The molecule has 126 valence electrons. The average molecular weight is 401 g/mol. The molecule has 0 aromatic heterocycles. The Balaban J connectivity index is 1.72. The Morgan fingerprint density at radius 1 is 1.39 bits per heavy atom. The molecule has 2 amide bonds. The van der Waals surface area contributed by atoms with Gasteiger partial charge in [0, 0.05) is 23.2 Å². The van der Waals surface area contributed by atoms with Gasteiger partial charge in [0.2, 0.25) is 11.8 Å². The highest BCUT2D eigenvalue weighted by molar-refractivity contribution is 9.10. The number of halogens is 1. The van der Waals surface area contributed by atoms with Crippen molar-refractivity contribution in [3.63, 3.8) is 0 Å². The second-order valence-electron chi connectivity index (χ2n) is 5.97. The van der Waals surface area contributed by atoms with Gasteiger partial charge in [0.05, 0.1) is 23.7 Å². The largest absolute Gasteiger partial charge is 0.372 e. The lowest BCUT2D eigenvalue weighted by atomic mass is 10.1. The van der Waals surface area contributed by atoms with Crippen LogP contribution in [0.15, 0.2) is 28.7 Å². The Kier molecular flexibility index (Phi) is 6.50. The second-order valence-corrected chi connectivity index (χ2v) is 7.88. The number of benzene rings is 1. The summed E-state index contributed by atoms with van der Waals surface area (Å²) in [4.78, 5) is 25.9. The van der Waals surface area contributed by atoms with E-state index in [1.54, 1.807) is 0 Å². The minimum Gasteiger partial charge on any atom is -0.372 e. The maximum atomic E-state index is 12.2. The molecule has 1 N–H and O–H groups in total. The smallest absolute Gasteiger partial charge is 0.234 e. The quantitative estimate of drug-likeness (QED) is 0.825. The monoisotopic (exact) mass is 400 g/mol. The number of anilines is 1. The molecular formula is C16H21BrN2O3S. The van der Waals surface area contributed by atoms with Crippen LogP contribution in [0.2, 0.25) is 0 Å². The first-order valence-corrected chi connectivity index (χ1v) is 9.35. The molecule has 23 heavy (non-hydrogen) atoms. The van der Waals surface area contributed by atoms with Gasteiger partial charge in [-0.1, -0.05) is 22.0 Å². The van der Waals surface area contributed by atoms with E-state index < -0.39 is 0 Å². The fraction of sp³-hybridized carbons (Fsp3) is 0.500. The van der Waals surface area contributed by atoms with Crippen molar-refractivity contribution >= 4 is 45.2 Å². The van der Waals surface area contributed by atoms with Crippen molar-refractivity contribution in [3.05, 3.63) is 28.7 Å². The first-order valence-electron chi connectivity index (χ1n) is 7.41. The summed E-state index contributed by atoms with van der Waals surface area (Å²) in [6.07, 6.45) is 0. The molecule has 0 radical (unpaired) electrons. The topological polar surface area (TPSA) is 58.6 Å². The fourth-order valence-electron chi connectivity index (χ4n) is 2.31. The fourth-order valence-corrected chi connectivity index (χ4v) is 3.43. The Labute approximate surface area is 149 Å². The molecule has 0 atom stereocenters. The number of carbonyl (C=O) groups is 2. The number of rotatable bonds is 5. The predicted molar refractivity (Wildman–Crippen MR) is 96.7 cm³/mol. The Morgan fingerprint density at radius 2 is 2.17 bits per heavy atom. The van der Waals surface area contributed by atoms with E-state index in [2.05, 4.69) is 21.2 Å². The van der Waals surface area contributed by atoms with Crippen molar-refractivity contribution in [2.45, 2.75) is 19.4 Å². The number of nitrogens with one attached hydrogen (secondary N) is 1. The van der Waals surface area contributed by atoms with Gasteiger partial charge in [-0.05, 0) is 32.0 Å². The van der Waals surface area contributed by atoms with E-state index in [0.29, 0.717) is 25.4 Å². The molecule has 1 aliphatic heterocycles. The van der Waals surface area contributed by atoms with Crippen molar-refractivity contribution < 1.29 is 14.3 Å². The van der Waals surface area contributed by atoms with Crippen LogP contribution in [0.4, 0.5) is 5.69 Å². The van der Waals surface area contributed by atoms with Crippen LogP contribution in [-0.4, -0.2) is 53.5 Å². The molecule has 0 spiro atoms. The minimum absolute atomic E-state index is 0.0571. The SMILES string of the molecule is CC1(C)CN(C(=O)CSCC(=O)Nc2cccc(Br)c2)CCO1. The van der Waals surface area contributed by atoms with Gasteiger partial charge in [-0.2, -0.15) is 0 Å². The van der Waals surface area contributed by atoms with Crippen LogP contribution in [0, 0.1) is 0 Å². The zero-order valence-corrected chi connectivity index (χ0v) is 15.7. The van der Waals surface area contributed by atoms with E-state index in [-0.39, 0.29) is 23.2 Å². The predicted octanol–water partition coefficient (Wildman–Crippen LogP) is 2.76. The molecule has 1 aromatic carbocycles. The maximum Gasteiger partial charge on any atom is 0.234 e. The van der Waals surface area contributed by atoms with Crippen molar-refractivity contribution in [1.29, 1.82) is 0 Å². The molecule has 2 rings (SSSR count). The van der Waals surface area contributed by atoms with Crippen LogP contribution in [0.5, 0.6) is 0 Å². The number of amides is 2. The average Bonchev–Trinajstić information content (AvgIpc) is 2.46. The van der Waals surface area contributed by atoms with E-state index in [0.717, 1.165) is 10.2 Å².